The number of furan rings is 1. The van der Waals surface area contributed by atoms with Gasteiger partial charge >= 0.3 is 0 Å². The lowest BCUT2D eigenvalue weighted by Crippen LogP contribution is -2.10. The molecule has 0 fully saturated rings. The molecule has 8 heteroatoms. The number of halogens is 2. The number of rotatable bonds is 3. The van der Waals surface area contributed by atoms with Gasteiger partial charge in [0.25, 0.3) is 5.91 Å². The quantitative estimate of drug-likeness (QED) is 0.491. The van der Waals surface area contributed by atoms with Gasteiger partial charge in [-0.15, -0.1) is 0 Å². The third-order valence-electron chi connectivity index (χ3n) is 3.62. The molecule has 0 aliphatic rings. The SMILES string of the molecule is COc1cccc2cc(C(=O)Nc3nc4c(Cl)c(Cl)ccc4s3)oc12. The first-order valence-electron chi connectivity index (χ1n) is 7.19. The molecule has 5 nitrogen and oxygen atoms in total. The highest BCUT2D eigenvalue weighted by atomic mass is 35.5. The van der Waals surface area contributed by atoms with E-state index in [-0.39, 0.29) is 5.76 Å². The molecule has 0 aliphatic heterocycles. The molecule has 2 aromatic heterocycles. The summed E-state index contributed by atoms with van der Waals surface area (Å²) in [5.41, 5.74) is 1.08. The highest BCUT2D eigenvalue weighted by Crippen LogP contribution is 2.35. The summed E-state index contributed by atoms with van der Waals surface area (Å²) in [5.74, 6) is 0.334. The summed E-state index contributed by atoms with van der Waals surface area (Å²) in [6, 6.07) is 10.6. The van der Waals surface area contributed by atoms with Crippen LogP contribution in [0.15, 0.2) is 40.8 Å². The molecule has 126 valence electrons. The van der Waals surface area contributed by atoms with Crippen LogP contribution < -0.4 is 10.1 Å². The van der Waals surface area contributed by atoms with Gasteiger partial charge in [0, 0.05) is 5.39 Å². The van der Waals surface area contributed by atoms with E-state index in [1.54, 1.807) is 25.3 Å². The van der Waals surface area contributed by atoms with E-state index in [0.29, 0.717) is 32.0 Å². The Hall–Kier alpha value is -2.28. The molecule has 2 heterocycles. The van der Waals surface area contributed by atoms with Crippen molar-refractivity contribution in [3.05, 3.63) is 52.2 Å². The second-order valence-electron chi connectivity index (χ2n) is 5.17. The molecule has 0 aliphatic carbocycles. The molecule has 1 N–H and O–H groups in total. The van der Waals surface area contributed by atoms with Gasteiger partial charge in [-0.25, -0.2) is 4.98 Å². The van der Waals surface area contributed by atoms with Crippen LogP contribution in [0, 0.1) is 0 Å². The number of nitrogens with zero attached hydrogens (tertiary/aromatic N) is 1. The van der Waals surface area contributed by atoms with Crippen molar-refractivity contribution >= 4 is 66.8 Å². The van der Waals surface area contributed by atoms with Crippen LogP contribution in [-0.4, -0.2) is 18.0 Å². The van der Waals surface area contributed by atoms with Gasteiger partial charge < -0.3 is 9.15 Å². The number of ether oxygens (including phenoxy) is 1. The van der Waals surface area contributed by atoms with Crippen LogP contribution in [0.2, 0.25) is 10.0 Å². The van der Waals surface area contributed by atoms with Gasteiger partial charge in [0.2, 0.25) is 0 Å². The summed E-state index contributed by atoms with van der Waals surface area (Å²) in [5, 5.41) is 4.70. The number of carbonyl (C=O) groups excluding carboxylic acids is 1. The second-order valence-corrected chi connectivity index (χ2v) is 6.99. The highest BCUT2D eigenvalue weighted by Gasteiger charge is 2.17. The second kappa shape index (κ2) is 6.22. The molecule has 0 saturated heterocycles. The Labute approximate surface area is 156 Å². The number of fused-ring (bicyclic) bond motifs is 2. The predicted octanol–water partition coefficient (Wildman–Crippen LogP) is 5.61. The molecule has 4 aromatic rings. The Morgan fingerprint density at radius 1 is 1.28 bits per heavy atom. The van der Waals surface area contributed by atoms with E-state index in [2.05, 4.69) is 10.3 Å². The Balaban J connectivity index is 1.67. The number of methoxy groups -OCH3 is 1. The first-order valence-corrected chi connectivity index (χ1v) is 8.76. The minimum absolute atomic E-state index is 0.169. The fourth-order valence-electron chi connectivity index (χ4n) is 2.46. The summed E-state index contributed by atoms with van der Waals surface area (Å²) in [4.78, 5) is 16.8. The van der Waals surface area contributed by atoms with Crippen molar-refractivity contribution in [3.63, 3.8) is 0 Å². The molecule has 25 heavy (non-hydrogen) atoms. The summed E-state index contributed by atoms with van der Waals surface area (Å²) in [6.07, 6.45) is 0. The summed E-state index contributed by atoms with van der Waals surface area (Å²) in [7, 11) is 1.55. The molecular formula is C17H10Cl2N2O3S. The van der Waals surface area contributed by atoms with Crippen LogP contribution in [0.4, 0.5) is 5.13 Å². The third-order valence-corrected chi connectivity index (χ3v) is 5.35. The van der Waals surface area contributed by atoms with E-state index in [1.165, 1.54) is 11.3 Å². The molecule has 1 amide bonds. The van der Waals surface area contributed by atoms with Crippen LogP contribution >= 0.6 is 34.5 Å². The Morgan fingerprint density at radius 3 is 2.92 bits per heavy atom. The van der Waals surface area contributed by atoms with Gasteiger partial charge in [-0.05, 0) is 24.3 Å². The van der Waals surface area contributed by atoms with Gasteiger partial charge in [0.05, 0.1) is 21.9 Å². The Bertz CT molecular complexity index is 1120. The number of benzene rings is 2. The fourth-order valence-corrected chi connectivity index (χ4v) is 3.74. The van der Waals surface area contributed by atoms with Gasteiger partial charge in [-0.2, -0.15) is 0 Å². The van der Waals surface area contributed by atoms with E-state index in [0.717, 1.165) is 10.1 Å². The minimum atomic E-state index is -0.403. The zero-order chi connectivity index (χ0) is 17.6. The van der Waals surface area contributed by atoms with E-state index in [1.807, 2.05) is 18.2 Å². The van der Waals surface area contributed by atoms with Gasteiger partial charge in [0.15, 0.2) is 22.2 Å². The Kier molecular flexibility index (Phi) is 4.03. The van der Waals surface area contributed by atoms with Crippen LogP contribution in [0.3, 0.4) is 0 Å². The zero-order valence-corrected chi connectivity index (χ0v) is 15.1. The van der Waals surface area contributed by atoms with Gasteiger partial charge in [-0.1, -0.05) is 46.7 Å². The topological polar surface area (TPSA) is 64.4 Å². The van der Waals surface area contributed by atoms with Crippen molar-refractivity contribution in [1.29, 1.82) is 0 Å². The first kappa shape index (κ1) is 16.2. The normalized spacial score (nSPS) is 11.2. The number of para-hydroxylation sites is 1. The van der Waals surface area contributed by atoms with Crippen molar-refractivity contribution in [2.24, 2.45) is 0 Å². The Morgan fingerprint density at radius 2 is 2.12 bits per heavy atom. The largest absolute Gasteiger partial charge is 0.493 e. The van der Waals surface area contributed by atoms with Crippen LogP contribution in [0.25, 0.3) is 21.2 Å². The number of carbonyl (C=O) groups is 1. The molecular weight excluding hydrogens is 383 g/mol. The monoisotopic (exact) mass is 392 g/mol. The number of amides is 1. The lowest BCUT2D eigenvalue weighted by molar-refractivity contribution is 0.0998. The number of anilines is 1. The zero-order valence-electron chi connectivity index (χ0n) is 12.8. The van der Waals surface area contributed by atoms with E-state index >= 15 is 0 Å². The maximum Gasteiger partial charge on any atom is 0.293 e. The highest BCUT2D eigenvalue weighted by molar-refractivity contribution is 7.22. The number of hydrogen-bond acceptors (Lipinski definition) is 5. The average Bonchev–Trinajstić information content (AvgIpc) is 3.22. The molecule has 0 radical (unpaired) electrons. The van der Waals surface area contributed by atoms with Crippen molar-refractivity contribution in [1.82, 2.24) is 4.98 Å². The summed E-state index contributed by atoms with van der Waals surface area (Å²) >= 11 is 13.4. The van der Waals surface area contributed by atoms with E-state index in [4.69, 9.17) is 32.4 Å². The summed E-state index contributed by atoms with van der Waals surface area (Å²) < 4.78 is 11.7. The molecule has 4 rings (SSSR count). The maximum atomic E-state index is 12.5. The number of thiazole rings is 1. The van der Waals surface area contributed by atoms with E-state index < -0.39 is 5.91 Å². The number of hydrogen-bond donors (Lipinski definition) is 1. The first-order chi connectivity index (χ1) is 12.1. The molecule has 0 atom stereocenters. The van der Waals surface area contributed by atoms with Crippen molar-refractivity contribution < 1.29 is 13.9 Å². The van der Waals surface area contributed by atoms with Crippen LogP contribution in [0.1, 0.15) is 10.6 Å². The molecule has 0 unspecified atom stereocenters. The fraction of sp³-hybridized carbons (Fsp3) is 0.0588. The number of nitrogens with one attached hydrogen (secondary N) is 1. The smallest absolute Gasteiger partial charge is 0.293 e. The van der Waals surface area contributed by atoms with E-state index in [9.17, 15) is 4.79 Å². The molecule has 0 saturated carbocycles. The van der Waals surface area contributed by atoms with Crippen LogP contribution in [-0.2, 0) is 0 Å². The molecule has 0 bridgehead atoms. The van der Waals surface area contributed by atoms with Crippen molar-refractivity contribution in [2.75, 3.05) is 12.4 Å². The lowest BCUT2D eigenvalue weighted by atomic mass is 10.2. The van der Waals surface area contributed by atoms with Gasteiger partial charge in [-0.3, -0.25) is 10.1 Å². The summed E-state index contributed by atoms with van der Waals surface area (Å²) in [6.45, 7) is 0. The van der Waals surface area contributed by atoms with Gasteiger partial charge in [0.1, 0.15) is 5.52 Å². The van der Waals surface area contributed by atoms with Crippen molar-refractivity contribution in [3.8, 4) is 5.75 Å². The number of aromatic nitrogens is 1. The average molecular weight is 393 g/mol. The van der Waals surface area contributed by atoms with Crippen molar-refractivity contribution in [2.45, 2.75) is 0 Å². The van der Waals surface area contributed by atoms with Crippen LogP contribution in [0.5, 0.6) is 5.75 Å². The lowest BCUT2D eigenvalue weighted by Gasteiger charge is -1.99. The predicted molar refractivity (Wildman–Crippen MR) is 100 cm³/mol. The molecule has 0 spiro atoms. The third kappa shape index (κ3) is 2.82. The standard InChI is InChI=1S/C17H10Cl2N2O3S/c1-23-10-4-2-3-8-7-11(24-15(8)10)16(22)21-17-20-14-12(25-17)6-5-9(18)13(14)19/h2-7H,1H3,(H,20,21,22). The maximum absolute atomic E-state index is 12.5. The minimum Gasteiger partial charge on any atom is -0.493 e. The molecule has 2 aromatic carbocycles.